The third kappa shape index (κ3) is 4.73. The number of carbonyl (C=O) groups excluding carboxylic acids is 1. The van der Waals surface area contributed by atoms with Crippen LogP contribution in [0.5, 0.6) is 0 Å². The summed E-state index contributed by atoms with van der Waals surface area (Å²) in [4.78, 5) is 20.6. The lowest BCUT2D eigenvalue weighted by molar-refractivity contribution is -0.129. The van der Waals surface area contributed by atoms with Gasteiger partial charge in [-0.2, -0.15) is 0 Å². The van der Waals surface area contributed by atoms with Crippen LogP contribution in [0.3, 0.4) is 0 Å². The molecular formula is C18H21FN4O3S. The molecule has 1 fully saturated rings. The van der Waals surface area contributed by atoms with Gasteiger partial charge in [0.1, 0.15) is 18.2 Å². The lowest BCUT2D eigenvalue weighted by Gasteiger charge is -2.36. The number of nitrogens with zero attached hydrogens (tertiary/aromatic N) is 4. The molecule has 1 aromatic carbocycles. The lowest BCUT2D eigenvalue weighted by Crippen LogP contribution is -2.52. The fraction of sp³-hybridized carbons (Fsp3) is 0.333. The highest BCUT2D eigenvalue weighted by Crippen LogP contribution is 2.19. The van der Waals surface area contributed by atoms with E-state index in [1.54, 1.807) is 11.1 Å². The second kappa shape index (κ2) is 7.91. The van der Waals surface area contributed by atoms with Crippen molar-refractivity contribution in [2.75, 3.05) is 48.2 Å². The second-order valence-corrected chi connectivity index (χ2v) is 8.21. The van der Waals surface area contributed by atoms with Crippen LogP contribution in [-0.2, 0) is 14.8 Å². The van der Waals surface area contributed by atoms with Crippen molar-refractivity contribution in [1.82, 2.24) is 9.88 Å². The average Bonchev–Trinajstić information content (AvgIpc) is 2.66. The monoisotopic (exact) mass is 392 g/mol. The zero-order chi connectivity index (χ0) is 19.4. The number of aromatic nitrogens is 1. The Labute approximate surface area is 158 Å². The van der Waals surface area contributed by atoms with E-state index in [9.17, 15) is 17.6 Å². The molecule has 1 amide bonds. The van der Waals surface area contributed by atoms with Gasteiger partial charge in [-0.1, -0.05) is 12.1 Å². The molecule has 3 rings (SSSR count). The summed E-state index contributed by atoms with van der Waals surface area (Å²) < 4.78 is 38.6. The first-order valence-corrected chi connectivity index (χ1v) is 10.4. The molecule has 1 aliphatic heterocycles. The Kier molecular flexibility index (Phi) is 5.59. The number of rotatable bonds is 5. The number of sulfonamides is 1. The van der Waals surface area contributed by atoms with Crippen LogP contribution < -0.4 is 9.21 Å². The van der Waals surface area contributed by atoms with Crippen LogP contribution in [0.4, 0.5) is 15.9 Å². The highest BCUT2D eigenvalue weighted by atomic mass is 32.2. The minimum Gasteiger partial charge on any atom is -0.353 e. The molecule has 0 spiro atoms. The predicted molar refractivity (Wildman–Crippen MR) is 102 cm³/mol. The molecule has 27 heavy (non-hydrogen) atoms. The normalized spacial score (nSPS) is 14.9. The van der Waals surface area contributed by atoms with Crippen LogP contribution in [0.2, 0.25) is 0 Å². The van der Waals surface area contributed by atoms with Crippen LogP contribution in [0.15, 0.2) is 48.7 Å². The van der Waals surface area contributed by atoms with E-state index in [2.05, 4.69) is 9.88 Å². The fourth-order valence-electron chi connectivity index (χ4n) is 2.98. The van der Waals surface area contributed by atoms with Crippen LogP contribution in [-0.4, -0.2) is 63.2 Å². The maximum absolute atomic E-state index is 13.5. The Balaban J connectivity index is 1.67. The van der Waals surface area contributed by atoms with E-state index in [1.807, 2.05) is 18.2 Å². The molecular weight excluding hydrogens is 371 g/mol. The molecule has 0 unspecified atom stereocenters. The Morgan fingerprint density at radius 2 is 1.89 bits per heavy atom. The quantitative estimate of drug-likeness (QED) is 0.768. The van der Waals surface area contributed by atoms with Crippen molar-refractivity contribution in [3.05, 3.63) is 54.5 Å². The Hall–Kier alpha value is -2.68. The number of halogens is 1. The molecule has 0 bridgehead atoms. The number of amides is 1. The molecule has 1 aliphatic rings. The minimum atomic E-state index is -3.72. The maximum atomic E-state index is 13.5. The third-order valence-corrected chi connectivity index (χ3v) is 5.52. The standard InChI is InChI=1S/C18H21FN4O3S/c1-27(25,26)23(16-6-4-5-15(19)13-16)14-18(24)22-11-9-21(10-12-22)17-7-2-3-8-20-17/h2-8,13H,9-12,14H2,1H3. The number of piperazine rings is 1. The largest absolute Gasteiger partial charge is 0.353 e. The van der Waals surface area contributed by atoms with Gasteiger partial charge in [0.25, 0.3) is 0 Å². The van der Waals surface area contributed by atoms with Gasteiger partial charge in [0.05, 0.1) is 11.9 Å². The highest BCUT2D eigenvalue weighted by Gasteiger charge is 2.27. The molecule has 0 aliphatic carbocycles. The molecule has 144 valence electrons. The highest BCUT2D eigenvalue weighted by molar-refractivity contribution is 7.92. The van der Waals surface area contributed by atoms with Crippen molar-refractivity contribution in [1.29, 1.82) is 0 Å². The predicted octanol–water partition coefficient (Wildman–Crippen LogP) is 1.34. The zero-order valence-corrected chi connectivity index (χ0v) is 15.8. The van der Waals surface area contributed by atoms with Crippen molar-refractivity contribution in [3.8, 4) is 0 Å². The van der Waals surface area contributed by atoms with Gasteiger partial charge in [0.15, 0.2) is 0 Å². The molecule has 0 radical (unpaired) electrons. The fourth-order valence-corrected chi connectivity index (χ4v) is 3.82. The van der Waals surface area contributed by atoms with Gasteiger partial charge in [-0.05, 0) is 30.3 Å². The first-order chi connectivity index (χ1) is 12.8. The summed E-state index contributed by atoms with van der Waals surface area (Å²) in [7, 11) is -3.72. The number of hydrogen-bond donors (Lipinski definition) is 0. The molecule has 2 aromatic rings. The number of carbonyl (C=O) groups is 1. The van der Waals surface area contributed by atoms with E-state index >= 15 is 0 Å². The first kappa shape index (κ1) is 19.1. The van der Waals surface area contributed by atoms with Crippen LogP contribution in [0.25, 0.3) is 0 Å². The molecule has 0 saturated carbocycles. The number of anilines is 2. The molecule has 1 saturated heterocycles. The van der Waals surface area contributed by atoms with Crippen molar-refractivity contribution in [3.63, 3.8) is 0 Å². The third-order valence-electron chi connectivity index (χ3n) is 4.38. The molecule has 0 atom stereocenters. The second-order valence-electron chi connectivity index (χ2n) is 6.31. The van der Waals surface area contributed by atoms with Crippen LogP contribution in [0, 0.1) is 5.82 Å². The van der Waals surface area contributed by atoms with Crippen molar-refractivity contribution in [2.45, 2.75) is 0 Å². The summed E-state index contributed by atoms with van der Waals surface area (Å²) in [6, 6.07) is 10.9. The van der Waals surface area contributed by atoms with E-state index in [4.69, 9.17) is 0 Å². The summed E-state index contributed by atoms with van der Waals surface area (Å²) in [6.45, 7) is 1.81. The van der Waals surface area contributed by atoms with E-state index in [0.717, 1.165) is 22.4 Å². The number of hydrogen-bond acceptors (Lipinski definition) is 5. The van der Waals surface area contributed by atoms with Gasteiger partial charge in [-0.3, -0.25) is 9.10 Å². The summed E-state index contributed by atoms with van der Waals surface area (Å²) >= 11 is 0. The van der Waals surface area contributed by atoms with E-state index < -0.39 is 15.8 Å². The van der Waals surface area contributed by atoms with E-state index in [1.165, 1.54) is 18.2 Å². The molecule has 0 N–H and O–H groups in total. The Morgan fingerprint density at radius 3 is 2.48 bits per heavy atom. The van der Waals surface area contributed by atoms with Gasteiger partial charge in [0, 0.05) is 32.4 Å². The van der Waals surface area contributed by atoms with Gasteiger partial charge in [0.2, 0.25) is 15.9 Å². The lowest BCUT2D eigenvalue weighted by atomic mass is 10.3. The SMILES string of the molecule is CS(=O)(=O)N(CC(=O)N1CCN(c2ccccn2)CC1)c1cccc(F)c1. The smallest absolute Gasteiger partial charge is 0.243 e. The maximum Gasteiger partial charge on any atom is 0.243 e. The molecule has 9 heteroatoms. The average molecular weight is 392 g/mol. The van der Waals surface area contributed by atoms with E-state index in [-0.39, 0.29) is 18.1 Å². The van der Waals surface area contributed by atoms with Crippen molar-refractivity contribution < 1.29 is 17.6 Å². The Bertz CT molecular complexity index is 900. The van der Waals surface area contributed by atoms with Crippen molar-refractivity contribution in [2.24, 2.45) is 0 Å². The van der Waals surface area contributed by atoms with Crippen LogP contribution >= 0.6 is 0 Å². The van der Waals surface area contributed by atoms with Crippen LogP contribution in [0.1, 0.15) is 0 Å². The first-order valence-electron chi connectivity index (χ1n) is 8.51. The van der Waals surface area contributed by atoms with Gasteiger partial charge in [-0.15, -0.1) is 0 Å². The summed E-state index contributed by atoms with van der Waals surface area (Å²) in [5.74, 6) is -0.0231. The van der Waals surface area contributed by atoms with Gasteiger partial charge >= 0.3 is 0 Å². The summed E-state index contributed by atoms with van der Waals surface area (Å²) in [6.07, 6.45) is 2.72. The molecule has 7 nitrogen and oxygen atoms in total. The Morgan fingerprint density at radius 1 is 1.15 bits per heavy atom. The van der Waals surface area contributed by atoms with Gasteiger partial charge < -0.3 is 9.80 Å². The summed E-state index contributed by atoms with van der Waals surface area (Å²) in [5, 5.41) is 0. The minimum absolute atomic E-state index is 0.137. The summed E-state index contributed by atoms with van der Waals surface area (Å²) in [5.41, 5.74) is 0.137. The van der Waals surface area contributed by atoms with E-state index in [0.29, 0.717) is 26.2 Å². The molecule has 1 aromatic heterocycles. The van der Waals surface area contributed by atoms with Gasteiger partial charge in [-0.25, -0.2) is 17.8 Å². The topological polar surface area (TPSA) is 73.8 Å². The number of pyridine rings is 1. The van der Waals surface area contributed by atoms with Crippen molar-refractivity contribution >= 4 is 27.4 Å². The zero-order valence-electron chi connectivity index (χ0n) is 15.0. The number of benzene rings is 1. The molecule has 2 heterocycles.